The normalized spacial score (nSPS) is 12.7. The number of aromatic amines is 2. The summed E-state index contributed by atoms with van der Waals surface area (Å²) < 4.78 is 61.9. The summed E-state index contributed by atoms with van der Waals surface area (Å²) >= 11 is 2.90. The van der Waals surface area contributed by atoms with Gasteiger partial charge in [0.2, 0.25) is 0 Å². The molecule has 1 aromatic heterocycles. The first kappa shape index (κ1) is 15.5. The van der Waals surface area contributed by atoms with Gasteiger partial charge in [-0.2, -0.15) is 22.0 Å². The van der Waals surface area contributed by atoms with Gasteiger partial charge in [-0.25, -0.2) is 4.79 Å². The van der Waals surface area contributed by atoms with E-state index >= 15 is 0 Å². The summed E-state index contributed by atoms with van der Waals surface area (Å²) in [4.78, 5) is 26.8. The van der Waals surface area contributed by atoms with Gasteiger partial charge in [0.05, 0.1) is 16.7 Å². The Morgan fingerprint density at radius 3 is 2.14 bits per heavy atom. The highest BCUT2D eigenvalue weighted by atomic mass is 79.9. The number of anilines is 1. The fourth-order valence-electron chi connectivity index (χ4n) is 1.48. The van der Waals surface area contributed by atoms with Crippen LogP contribution >= 0.6 is 15.9 Å². The van der Waals surface area contributed by atoms with Crippen LogP contribution in [0, 0.1) is 0 Å². The second kappa shape index (κ2) is 4.83. The smallest absolute Gasteiger partial charge is 0.319 e. The van der Waals surface area contributed by atoms with Crippen molar-refractivity contribution in [2.24, 2.45) is 0 Å². The number of fused-ring (bicyclic) bond motifs is 1. The van der Waals surface area contributed by atoms with Gasteiger partial charge in [0.25, 0.3) is 0 Å². The van der Waals surface area contributed by atoms with E-state index in [4.69, 9.17) is 0 Å². The molecule has 0 fully saturated rings. The van der Waals surface area contributed by atoms with E-state index in [9.17, 15) is 31.5 Å². The lowest BCUT2D eigenvalue weighted by molar-refractivity contribution is -0.267. The Labute approximate surface area is 120 Å². The molecular weight excluding hydrogens is 369 g/mol. The quantitative estimate of drug-likeness (QED) is 0.707. The number of hydrogen-bond acceptors (Lipinski definition) is 2. The molecule has 3 N–H and O–H groups in total. The van der Waals surface area contributed by atoms with Crippen molar-refractivity contribution in [1.29, 1.82) is 0 Å². The van der Waals surface area contributed by atoms with Crippen molar-refractivity contribution in [3.8, 4) is 0 Å². The third kappa shape index (κ3) is 2.77. The number of carbonyl (C=O) groups is 1. The van der Waals surface area contributed by atoms with E-state index in [0.717, 1.165) is 6.07 Å². The summed E-state index contributed by atoms with van der Waals surface area (Å²) in [5.41, 5.74) is -0.519. The molecule has 0 bridgehead atoms. The van der Waals surface area contributed by atoms with E-state index in [1.54, 1.807) is 0 Å². The summed E-state index contributed by atoms with van der Waals surface area (Å²) in [7, 11) is 0. The molecule has 0 aliphatic carbocycles. The number of aromatic nitrogens is 2. The fourth-order valence-corrected chi connectivity index (χ4v) is 1.92. The Morgan fingerprint density at radius 2 is 1.62 bits per heavy atom. The maximum absolute atomic E-state index is 12.8. The molecule has 0 spiro atoms. The van der Waals surface area contributed by atoms with Gasteiger partial charge < -0.3 is 15.3 Å². The third-order valence-corrected chi connectivity index (χ3v) is 3.15. The number of benzene rings is 1. The van der Waals surface area contributed by atoms with Crippen LogP contribution in [0.5, 0.6) is 0 Å². The number of carbonyl (C=O) groups excluding carboxylic acids is 1. The van der Waals surface area contributed by atoms with Crippen molar-refractivity contribution < 1.29 is 26.7 Å². The van der Waals surface area contributed by atoms with Crippen LogP contribution in [-0.4, -0.2) is 28.0 Å². The zero-order valence-corrected chi connectivity index (χ0v) is 11.3. The minimum absolute atomic E-state index is 0.0246. The van der Waals surface area contributed by atoms with Crippen LogP contribution in [0.4, 0.5) is 27.6 Å². The molecule has 2 aromatic rings. The molecule has 0 atom stereocenters. The molecule has 1 heterocycles. The fraction of sp³-hybridized carbons (Fsp3) is 0.200. The Bertz CT molecular complexity index is 764. The lowest BCUT2D eigenvalue weighted by Gasteiger charge is -2.19. The summed E-state index contributed by atoms with van der Waals surface area (Å²) in [6, 6.07) is 2.29. The minimum atomic E-state index is -6.00. The molecule has 11 heteroatoms. The molecule has 5 nitrogen and oxygen atoms in total. The first-order valence-corrected chi connectivity index (χ1v) is 5.99. The molecule has 0 aliphatic heterocycles. The Morgan fingerprint density at radius 1 is 1.10 bits per heavy atom. The summed E-state index contributed by atoms with van der Waals surface area (Å²) in [6.45, 7) is 0. The number of imidazole rings is 1. The van der Waals surface area contributed by atoms with Crippen LogP contribution in [0.1, 0.15) is 0 Å². The van der Waals surface area contributed by atoms with Crippen LogP contribution in [0.2, 0.25) is 0 Å². The molecule has 114 valence electrons. The molecule has 1 aromatic carbocycles. The number of hydrogen-bond donors (Lipinski definition) is 3. The first-order valence-electron chi connectivity index (χ1n) is 5.20. The highest BCUT2D eigenvalue weighted by molar-refractivity contribution is 9.10. The minimum Gasteiger partial charge on any atom is -0.319 e. The van der Waals surface area contributed by atoms with Gasteiger partial charge in [0.15, 0.2) is 0 Å². The van der Waals surface area contributed by atoms with Crippen molar-refractivity contribution in [2.75, 3.05) is 5.32 Å². The summed E-state index contributed by atoms with van der Waals surface area (Å²) in [5.74, 6) is -8.06. The second-order valence-corrected chi connectivity index (χ2v) is 4.84. The maximum Gasteiger partial charge on any atom is 0.463 e. The van der Waals surface area contributed by atoms with Crippen LogP contribution < -0.4 is 11.0 Å². The predicted octanol–water partition coefficient (Wildman–Crippen LogP) is 2.75. The van der Waals surface area contributed by atoms with E-state index in [0.29, 0.717) is 0 Å². The van der Waals surface area contributed by atoms with Gasteiger partial charge in [-0.3, -0.25) is 4.79 Å². The Balaban J connectivity index is 2.37. The highest BCUT2D eigenvalue weighted by Crippen LogP contribution is 2.37. The highest BCUT2D eigenvalue weighted by Gasteiger charge is 2.63. The summed E-state index contributed by atoms with van der Waals surface area (Å²) in [6.07, 6.45) is -6.00. The standard InChI is InChI=1S/C10H5BrF5N3O2/c11-3-1-5-6(19-8(21)18-5)2-4(3)17-7(20)9(12,13)10(14,15)16/h1-2H,(H,17,20)(H2,18,19,21). The van der Waals surface area contributed by atoms with Crippen molar-refractivity contribution in [3.05, 3.63) is 27.1 Å². The van der Waals surface area contributed by atoms with E-state index < -0.39 is 23.7 Å². The molecule has 0 radical (unpaired) electrons. The topological polar surface area (TPSA) is 77.8 Å². The molecule has 0 saturated carbocycles. The molecule has 0 saturated heterocycles. The van der Waals surface area contributed by atoms with Gasteiger partial charge >= 0.3 is 23.7 Å². The Hall–Kier alpha value is -1.91. The van der Waals surface area contributed by atoms with Crippen molar-refractivity contribution in [1.82, 2.24) is 9.97 Å². The molecule has 21 heavy (non-hydrogen) atoms. The molecule has 1 amide bonds. The lowest BCUT2D eigenvalue weighted by Crippen LogP contribution is -2.47. The molecule has 0 aliphatic rings. The zero-order valence-electron chi connectivity index (χ0n) is 9.74. The first-order chi connectivity index (χ1) is 9.52. The monoisotopic (exact) mass is 373 g/mol. The zero-order chi connectivity index (χ0) is 16.0. The number of nitrogens with one attached hydrogen (secondary N) is 3. The van der Waals surface area contributed by atoms with Gasteiger partial charge in [0.1, 0.15) is 0 Å². The molecular formula is C10H5BrF5N3O2. The predicted molar refractivity (Wildman–Crippen MR) is 66.3 cm³/mol. The number of rotatable bonds is 2. The largest absolute Gasteiger partial charge is 0.463 e. The number of alkyl halides is 5. The van der Waals surface area contributed by atoms with E-state index in [1.165, 1.54) is 11.4 Å². The summed E-state index contributed by atoms with van der Waals surface area (Å²) in [5, 5.41) is 1.47. The van der Waals surface area contributed by atoms with Gasteiger partial charge in [0, 0.05) is 4.47 Å². The average molecular weight is 374 g/mol. The van der Waals surface area contributed by atoms with Crippen molar-refractivity contribution >= 4 is 38.6 Å². The maximum atomic E-state index is 12.8. The third-order valence-electron chi connectivity index (χ3n) is 2.49. The van der Waals surface area contributed by atoms with Gasteiger partial charge in [-0.05, 0) is 28.1 Å². The van der Waals surface area contributed by atoms with Crippen LogP contribution in [0.15, 0.2) is 21.4 Å². The average Bonchev–Trinajstić information content (AvgIpc) is 2.67. The Kier molecular flexibility index (Phi) is 3.56. The van der Waals surface area contributed by atoms with Gasteiger partial charge in [-0.1, -0.05) is 0 Å². The van der Waals surface area contributed by atoms with Crippen LogP contribution in [0.25, 0.3) is 11.0 Å². The van der Waals surface area contributed by atoms with Crippen LogP contribution in [-0.2, 0) is 4.79 Å². The number of amides is 1. The molecule has 0 unspecified atom stereocenters. The van der Waals surface area contributed by atoms with Crippen molar-refractivity contribution in [3.63, 3.8) is 0 Å². The number of halogens is 6. The van der Waals surface area contributed by atoms with Gasteiger partial charge in [-0.15, -0.1) is 0 Å². The van der Waals surface area contributed by atoms with E-state index in [1.807, 2.05) is 0 Å². The SMILES string of the molecule is O=C(Nc1cc2[nH]c(=O)[nH]c2cc1Br)C(F)(F)C(F)(F)F. The van der Waals surface area contributed by atoms with Crippen molar-refractivity contribution in [2.45, 2.75) is 12.1 Å². The van der Waals surface area contributed by atoms with Crippen LogP contribution in [0.3, 0.4) is 0 Å². The van der Waals surface area contributed by atoms with E-state index in [2.05, 4.69) is 25.9 Å². The second-order valence-electron chi connectivity index (χ2n) is 3.98. The number of H-pyrrole nitrogens is 2. The lowest BCUT2D eigenvalue weighted by atomic mass is 10.2. The van der Waals surface area contributed by atoms with E-state index in [-0.39, 0.29) is 21.2 Å². The molecule has 2 rings (SSSR count).